The van der Waals surface area contributed by atoms with Crippen molar-refractivity contribution in [2.24, 2.45) is 4.99 Å². The normalized spacial score (nSPS) is 10.6. The fourth-order valence-electron chi connectivity index (χ4n) is 2.62. The van der Waals surface area contributed by atoms with E-state index in [9.17, 15) is 0 Å². The number of hydrogen-bond donors (Lipinski definition) is 2. The Hall–Kier alpha value is -2.36. The fraction of sp³-hybridized carbons (Fsp3) is 0.381. The van der Waals surface area contributed by atoms with Gasteiger partial charge in [0, 0.05) is 25.3 Å². The Morgan fingerprint density at radius 3 is 2.14 bits per heavy atom. The van der Waals surface area contributed by atoms with Gasteiger partial charge >= 0.3 is 0 Å². The zero-order chi connectivity index (χ0) is 20.4. The minimum Gasteiger partial charge on any atom is -0.493 e. The van der Waals surface area contributed by atoms with E-state index in [1.165, 1.54) is 0 Å². The van der Waals surface area contributed by atoms with Crippen LogP contribution in [0.15, 0.2) is 41.4 Å². The number of nitrogens with zero attached hydrogens (tertiary/aromatic N) is 1. The van der Waals surface area contributed by atoms with E-state index in [-0.39, 0.29) is 24.0 Å². The lowest BCUT2D eigenvalue weighted by atomic mass is 10.2. The molecule has 8 heteroatoms. The Kier molecular flexibility index (Phi) is 11.0. The molecule has 0 bridgehead atoms. The molecule has 0 aliphatic rings. The number of ether oxygens (including phenoxy) is 4. The van der Waals surface area contributed by atoms with Crippen LogP contribution in [0.5, 0.6) is 23.0 Å². The largest absolute Gasteiger partial charge is 0.493 e. The van der Waals surface area contributed by atoms with Gasteiger partial charge in [0.2, 0.25) is 0 Å². The van der Waals surface area contributed by atoms with Crippen molar-refractivity contribution in [2.75, 3.05) is 39.8 Å². The molecule has 160 valence electrons. The average molecular weight is 515 g/mol. The molecule has 29 heavy (non-hydrogen) atoms. The van der Waals surface area contributed by atoms with Gasteiger partial charge in [0.25, 0.3) is 0 Å². The van der Waals surface area contributed by atoms with Crippen molar-refractivity contribution in [3.05, 3.63) is 42.0 Å². The number of hydrogen-bond acceptors (Lipinski definition) is 5. The Balaban J connectivity index is 0.00000420. The maximum Gasteiger partial charge on any atom is 0.195 e. The molecule has 0 heterocycles. The lowest BCUT2D eigenvalue weighted by molar-refractivity contribution is 0.310. The summed E-state index contributed by atoms with van der Waals surface area (Å²) in [6, 6.07) is 11.5. The van der Waals surface area contributed by atoms with E-state index in [1.807, 2.05) is 50.2 Å². The maximum atomic E-state index is 5.62. The van der Waals surface area contributed by atoms with Gasteiger partial charge in [-0.3, -0.25) is 4.99 Å². The molecule has 2 N–H and O–H groups in total. The highest BCUT2D eigenvalue weighted by Gasteiger charge is 2.08. The molecule has 0 fully saturated rings. The minimum absolute atomic E-state index is 0. The van der Waals surface area contributed by atoms with Crippen LogP contribution in [-0.2, 0) is 6.54 Å². The van der Waals surface area contributed by atoms with E-state index in [1.54, 1.807) is 21.3 Å². The van der Waals surface area contributed by atoms with Gasteiger partial charge in [0.05, 0.1) is 27.4 Å². The predicted molar refractivity (Wildman–Crippen MR) is 128 cm³/mol. The molecule has 0 spiro atoms. The lowest BCUT2D eigenvalue weighted by Gasteiger charge is -2.15. The number of methoxy groups -OCH3 is 2. The highest BCUT2D eigenvalue weighted by Crippen LogP contribution is 2.30. The molecule has 2 aromatic carbocycles. The van der Waals surface area contributed by atoms with E-state index in [0.29, 0.717) is 43.0 Å². The van der Waals surface area contributed by atoms with Crippen molar-refractivity contribution in [2.45, 2.75) is 20.4 Å². The number of guanidine groups is 1. The molecule has 0 amide bonds. The zero-order valence-electron chi connectivity index (χ0n) is 17.6. The predicted octanol–water partition coefficient (Wildman–Crippen LogP) is 4.31. The number of nitrogens with one attached hydrogen (secondary N) is 2. The average Bonchev–Trinajstić information content (AvgIpc) is 2.72. The van der Waals surface area contributed by atoms with Crippen LogP contribution < -0.4 is 29.6 Å². The third-order valence-electron chi connectivity index (χ3n) is 3.94. The Labute approximate surface area is 189 Å². The van der Waals surface area contributed by atoms with Crippen LogP contribution in [0, 0.1) is 0 Å². The van der Waals surface area contributed by atoms with Gasteiger partial charge in [-0.05, 0) is 43.7 Å². The van der Waals surface area contributed by atoms with Crippen molar-refractivity contribution in [1.29, 1.82) is 0 Å². The van der Waals surface area contributed by atoms with Gasteiger partial charge in [-0.25, -0.2) is 0 Å². The summed E-state index contributed by atoms with van der Waals surface area (Å²) in [5, 5.41) is 6.54. The molecule has 0 aliphatic carbocycles. The fourth-order valence-corrected chi connectivity index (χ4v) is 2.62. The summed E-state index contributed by atoms with van der Waals surface area (Å²) in [6.45, 7) is 5.62. The van der Waals surface area contributed by atoms with Crippen molar-refractivity contribution in [3.63, 3.8) is 0 Å². The summed E-state index contributed by atoms with van der Waals surface area (Å²) < 4.78 is 21.9. The molecule has 7 nitrogen and oxygen atoms in total. The van der Waals surface area contributed by atoms with Gasteiger partial charge in [-0.15, -0.1) is 24.0 Å². The van der Waals surface area contributed by atoms with E-state index < -0.39 is 0 Å². The molecule has 2 aromatic rings. The molecule has 0 radical (unpaired) electrons. The summed E-state index contributed by atoms with van der Waals surface area (Å²) in [5.74, 6) is 3.46. The highest BCUT2D eigenvalue weighted by molar-refractivity contribution is 14.0. The molecule has 0 unspecified atom stereocenters. The molecule has 0 aromatic heterocycles. The van der Waals surface area contributed by atoms with Crippen LogP contribution in [0.2, 0.25) is 0 Å². The third kappa shape index (κ3) is 7.19. The van der Waals surface area contributed by atoms with Crippen molar-refractivity contribution >= 4 is 35.6 Å². The summed E-state index contributed by atoms with van der Waals surface area (Å²) in [7, 11) is 4.98. The van der Waals surface area contributed by atoms with Gasteiger partial charge < -0.3 is 29.6 Å². The van der Waals surface area contributed by atoms with E-state index >= 15 is 0 Å². The second kappa shape index (κ2) is 13.0. The van der Waals surface area contributed by atoms with E-state index in [2.05, 4.69) is 15.6 Å². The topological polar surface area (TPSA) is 73.3 Å². The molecule has 0 saturated heterocycles. The first-order chi connectivity index (χ1) is 13.6. The van der Waals surface area contributed by atoms with E-state index in [0.717, 1.165) is 17.0 Å². The maximum absolute atomic E-state index is 5.62. The van der Waals surface area contributed by atoms with Gasteiger partial charge in [-0.2, -0.15) is 0 Å². The molecule has 0 saturated carbocycles. The zero-order valence-corrected chi connectivity index (χ0v) is 19.9. The van der Waals surface area contributed by atoms with Gasteiger partial charge in [0.1, 0.15) is 0 Å². The van der Waals surface area contributed by atoms with Gasteiger partial charge in [-0.1, -0.05) is 6.07 Å². The van der Waals surface area contributed by atoms with Crippen LogP contribution in [0.4, 0.5) is 5.69 Å². The van der Waals surface area contributed by atoms with Crippen molar-refractivity contribution in [1.82, 2.24) is 5.32 Å². The number of halogens is 1. The monoisotopic (exact) mass is 515 g/mol. The van der Waals surface area contributed by atoms with Crippen LogP contribution in [0.25, 0.3) is 0 Å². The molecular formula is C21H30IN3O4. The Bertz CT molecular complexity index is 799. The first kappa shape index (κ1) is 24.7. The van der Waals surface area contributed by atoms with Crippen molar-refractivity contribution in [3.8, 4) is 23.0 Å². The van der Waals surface area contributed by atoms with Crippen LogP contribution in [-0.4, -0.2) is 40.4 Å². The number of aliphatic imine (C=N–C) groups is 1. The number of rotatable bonds is 9. The van der Waals surface area contributed by atoms with E-state index in [4.69, 9.17) is 18.9 Å². The summed E-state index contributed by atoms with van der Waals surface area (Å²) in [6.07, 6.45) is 0. The second-order valence-corrected chi connectivity index (χ2v) is 5.77. The van der Waals surface area contributed by atoms with Crippen molar-refractivity contribution < 1.29 is 18.9 Å². The minimum atomic E-state index is 0. The smallest absolute Gasteiger partial charge is 0.195 e. The van der Waals surface area contributed by atoms with Crippen LogP contribution >= 0.6 is 24.0 Å². The SMILES string of the molecule is CCOc1ccc(CNC(=NC)Nc2ccc(OC)c(OCC)c2)cc1OC.I. The highest BCUT2D eigenvalue weighted by atomic mass is 127. The quantitative estimate of drug-likeness (QED) is 0.295. The molecular weight excluding hydrogens is 485 g/mol. The summed E-state index contributed by atoms with van der Waals surface area (Å²) in [5.41, 5.74) is 1.90. The first-order valence-corrected chi connectivity index (χ1v) is 9.23. The summed E-state index contributed by atoms with van der Waals surface area (Å²) >= 11 is 0. The molecule has 0 atom stereocenters. The lowest BCUT2D eigenvalue weighted by Crippen LogP contribution is -2.30. The summed E-state index contributed by atoms with van der Waals surface area (Å²) in [4.78, 5) is 4.27. The van der Waals surface area contributed by atoms with Crippen LogP contribution in [0.1, 0.15) is 19.4 Å². The first-order valence-electron chi connectivity index (χ1n) is 9.23. The Morgan fingerprint density at radius 2 is 1.52 bits per heavy atom. The molecule has 2 rings (SSSR count). The Morgan fingerprint density at radius 1 is 0.862 bits per heavy atom. The van der Waals surface area contributed by atoms with Gasteiger partial charge in [0.15, 0.2) is 29.0 Å². The van der Waals surface area contributed by atoms with Crippen LogP contribution in [0.3, 0.4) is 0 Å². The molecule has 0 aliphatic heterocycles. The standard InChI is InChI=1S/C21H29N3O4.HI/c1-6-27-18-10-8-15(12-19(18)26-5)14-23-21(22-3)24-16-9-11-17(25-4)20(13-16)28-7-2;/h8-13H,6-7,14H2,1-5H3,(H2,22,23,24);1H. The number of anilines is 1. The number of benzene rings is 2. The third-order valence-corrected chi connectivity index (χ3v) is 3.94. The second-order valence-electron chi connectivity index (χ2n) is 5.77.